The normalized spacial score (nSPS) is 18.5. The largest absolute Gasteiger partial charge is 0.391 e. The van der Waals surface area contributed by atoms with Gasteiger partial charge in [0, 0.05) is 0 Å². The number of rotatable bonds is 6. The van der Waals surface area contributed by atoms with Gasteiger partial charge in [-0.05, 0) is 26.3 Å². The van der Waals surface area contributed by atoms with Crippen LogP contribution in [0.2, 0.25) is 0 Å². The molecule has 0 amide bonds. The Bertz CT molecular complexity index is 168. The van der Waals surface area contributed by atoms with Crippen LogP contribution in [-0.2, 0) is 4.79 Å². The van der Waals surface area contributed by atoms with Crippen LogP contribution in [0, 0.1) is 5.92 Å². The van der Waals surface area contributed by atoms with Gasteiger partial charge in [0.1, 0.15) is 6.29 Å². The highest BCUT2D eigenvalue weighted by Gasteiger charge is 2.21. The number of aliphatic hydroxyl groups is 1. The molecule has 0 aromatic heterocycles. The third-order valence-electron chi connectivity index (χ3n) is 2.17. The molecule has 0 fully saturated rings. The van der Waals surface area contributed by atoms with Crippen molar-refractivity contribution in [2.24, 2.45) is 5.92 Å². The molecule has 0 heterocycles. The Morgan fingerprint density at radius 3 is 2.54 bits per heavy atom. The predicted molar refractivity (Wildman–Crippen MR) is 53.5 cm³/mol. The van der Waals surface area contributed by atoms with Gasteiger partial charge in [0.05, 0.1) is 12.1 Å². The lowest BCUT2D eigenvalue weighted by molar-refractivity contribution is -0.112. The molecule has 76 valence electrons. The van der Waals surface area contributed by atoms with Gasteiger partial charge in [-0.1, -0.05) is 19.1 Å². The fourth-order valence-corrected chi connectivity index (χ4v) is 1.16. The Kier molecular flexibility index (Phi) is 6.45. The zero-order chi connectivity index (χ0) is 10.3. The van der Waals surface area contributed by atoms with Crippen LogP contribution in [0.3, 0.4) is 0 Å². The Morgan fingerprint density at radius 1 is 1.54 bits per heavy atom. The van der Waals surface area contributed by atoms with E-state index in [1.54, 1.807) is 7.05 Å². The molecule has 0 aliphatic rings. The van der Waals surface area contributed by atoms with Crippen LogP contribution in [0.5, 0.6) is 0 Å². The molecule has 0 aromatic rings. The monoisotopic (exact) mass is 185 g/mol. The quantitative estimate of drug-likeness (QED) is 0.474. The Labute approximate surface area is 79.8 Å². The summed E-state index contributed by atoms with van der Waals surface area (Å²) in [7, 11) is 1.67. The summed E-state index contributed by atoms with van der Waals surface area (Å²) in [6, 6.07) is -0.458. The topological polar surface area (TPSA) is 49.3 Å². The van der Waals surface area contributed by atoms with E-state index in [4.69, 9.17) is 0 Å². The second-order valence-electron chi connectivity index (χ2n) is 3.22. The minimum atomic E-state index is -0.612. The molecule has 0 radical (unpaired) electrons. The molecule has 3 unspecified atom stereocenters. The molecule has 0 bridgehead atoms. The van der Waals surface area contributed by atoms with E-state index in [0.29, 0.717) is 0 Å². The van der Waals surface area contributed by atoms with Gasteiger partial charge in [0.15, 0.2) is 0 Å². The van der Waals surface area contributed by atoms with Gasteiger partial charge in [0.2, 0.25) is 0 Å². The third kappa shape index (κ3) is 4.20. The summed E-state index contributed by atoms with van der Waals surface area (Å²) in [5.41, 5.74) is 0. The number of aldehydes is 1. The lowest BCUT2D eigenvalue weighted by atomic mass is 9.95. The number of hydrogen-bond acceptors (Lipinski definition) is 3. The van der Waals surface area contributed by atoms with E-state index in [0.717, 1.165) is 12.7 Å². The summed E-state index contributed by atoms with van der Waals surface area (Å²) < 4.78 is 0. The molecule has 0 saturated heterocycles. The lowest BCUT2D eigenvalue weighted by Gasteiger charge is -2.22. The second kappa shape index (κ2) is 6.80. The summed E-state index contributed by atoms with van der Waals surface area (Å²) in [6.45, 7) is 3.87. The fraction of sp³-hybridized carbons (Fsp3) is 0.700. The van der Waals surface area contributed by atoms with Crippen molar-refractivity contribution in [1.29, 1.82) is 0 Å². The van der Waals surface area contributed by atoms with E-state index in [2.05, 4.69) is 5.32 Å². The fourth-order valence-electron chi connectivity index (χ4n) is 1.16. The average molecular weight is 185 g/mol. The number of carbonyl (C=O) groups excluding carboxylic acids is 1. The molecule has 0 rings (SSSR count). The first-order valence-corrected chi connectivity index (χ1v) is 4.59. The average Bonchev–Trinajstić information content (AvgIpc) is 2.15. The minimum absolute atomic E-state index is 0.0962. The number of hydrogen-bond donors (Lipinski definition) is 2. The van der Waals surface area contributed by atoms with Crippen molar-refractivity contribution in [2.45, 2.75) is 32.4 Å². The van der Waals surface area contributed by atoms with Gasteiger partial charge in [0.25, 0.3) is 0 Å². The van der Waals surface area contributed by atoms with Crippen LogP contribution in [-0.4, -0.2) is 30.6 Å². The number of allylic oxidation sites excluding steroid dienone is 2. The maximum absolute atomic E-state index is 10.5. The maximum Gasteiger partial charge on any atom is 0.139 e. The van der Waals surface area contributed by atoms with Crippen LogP contribution in [0.25, 0.3) is 0 Å². The van der Waals surface area contributed by atoms with Gasteiger partial charge in [-0.3, -0.25) is 0 Å². The SMILES string of the molecule is CC=CCC(C)C(O)C(C=O)NC. The van der Waals surface area contributed by atoms with Crippen LogP contribution in [0.15, 0.2) is 12.2 Å². The summed E-state index contributed by atoms with van der Waals surface area (Å²) in [6.07, 6.45) is 4.86. The molecule has 3 heteroatoms. The van der Waals surface area contributed by atoms with Crippen molar-refractivity contribution >= 4 is 6.29 Å². The van der Waals surface area contributed by atoms with Crippen LogP contribution >= 0.6 is 0 Å². The van der Waals surface area contributed by atoms with E-state index in [9.17, 15) is 9.90 Å². The van der Waals surface area contributed by atoms with Crippen molar-refractivity contribution in [3.63, 3.8) is 0 Å². The van der Waals surface area contributed by atoms with Crippen molar-refractivity contribution in [3.05, 3.63) is 12.2 Å². The summed E-state index contributed by atoms with van der Waals surface area (Å²) in [5, 5.41) is 12.4. The highest BCUT2D eigenvalue weighted by atomic mass is 16.3. The van der Waals surface area contributed by atoms with E-state index in [1.807, 2.05) is 26.0 Å². The van der Waals surface area contributed by atoms with Gasteiger partial charge in [-0.15, -0.1) is 0 Å². The Balaban J connectivity index is 4.05. The highest BCUT2D eigenvalue weighted by molar-refractivity contribution is 5.58. The molecule has 13 heavy (non-hydrogen) atoms. The van der Waals surface area contributed by atoms with Crippen LogP contribution in [0.1, 0.15) is 20.3 Å². The molecule has 3 atom stereocenters. The first-order valence-electron chi connectivity index (χ1n) is 4.59. The molecule has 2 N–H and O–H groups in total. The van der Waals surface area contributed by atoms with E-state index in [1.165, 1.54) is 0 Å². The zero-order valence-corrected chi connectivity index (χ0v) is 8.53. The van der Waals surface area contributed by atoms with Crippen LogP contribution < -0.4 is 5.32 Å². The summed E-state index contributed by atoms with van der Waals surface area (Å²) in [5.74, 6) is 0.0962. The lowest BCUT2D eigenvalue weighted by Crippen LogP contribution is -2.42. The van der Waals surface area contributed by atoms with Crippen molar-refractivity contribution < 1.29 is 9.90 Å². The van der Waals surface area contributed by atoms with E-state index < -0.39 is 12.1 Å². The van der Waals surface area contributed by atoms with E-state index >= 15 is 0 Å². The third-order valence-corrected chi connectivity index (χ3v) is 2.17. The Hall–Kier alpha value is -0.670. The molecule has 0 spiro atoms. The minimum Gasteiger partial charge on any atom is -0.391 e. The predicted octanol–water partition coefficient (Wildman–Crippen LogP) is 0.737. The summed E-state index contributed by atoms with van der Waals surface area (Å²) in [4.78, 5) is 10.5. The summed E-state index contributed by atoms with van der Waals surface area (Å²) >= 11 is 0. The van der Waals surface area contributed by atoms with Gasteiger partial charge >= 0.3 is 0 Å². The first kappa shape index (κ1) is 12.3. The molecular formula is C10H19NO2. The number of likely N-dealkylation sites (N-methyl/N-ethyl adjacent to an activating group) is 1. The molecule has 0 aliphatic carbocycles. The van der Waals surface area contributed by atoms with Gasteiger partial charge in [-0.25, -0.2) is 0 Å². The van der Waals surface area contributed by atoms with Gasteiger partial charge in [-0.2, -0.15) is 0 Å². The maximum atomic E-state index is 10.5. The molecular weight excluding hydrogens is 166 g/mol. The first-order chi connectivity index (χ1) is 6.17. The van der Waals surface area contributed by atoms with E-state index in [-0.39, 0.29) is 5.92 Å². The van der Waals surface area contributed by atoms with Crippen LogP contribution in [0.4, 0.5) is 0 Å². The zero-order valence-electron chi connectivity index (χ0n) is 8.53. The second-order valence-corrected chi connectivity index (χ2v) is 3.22. The molecule has 3 nitrogen and oxygen atoms in total. The Morgan fingerprint density at radius 2 is 2.15 bits per heavy atom. The highest BCUT2D eigenvalue weighted by Crippen LogP contribution is 2.11. The standard InChI is InChI=1S/C10H19NO2/c1-4-5-6-8(2)10(13)9(7-12)11-3/h4-5,7-11,13H,6H2,1-3H3. The van der Waals surface area contributed by atoms with Gasteiger partial charge < -0.3 is 15.2 Å². The number of aliphatic hydroxyl groups excluding tert-OH is 1. The number of carbonyl (C=O) groups is 1. The van der Waals surface area contributed by atoms with Crippen molar-refractivity contribution in [3.8, 4) is 0 Å². The smallest absolute Gasteiger partial charge is 0.139 e. The molecule has 0 aliphatic heterocycles. The molecule has 0 saturated carbocycles. The van der Waals surface area contributed by atoms with Crippen molar-refractivity contribution in [2.75, 3.05) is 7.05 Å². The van der Waals surface area contributed by atoms with Crippen molar-refractivity contribution in [1.82, 2.24) is 5.32 Å². The molecule has 0 aromatic carbocycles. The number of nitrogens with one attached hydrogen (secondary N) is 1.